The number of pyridine rings is 1. The van der Waals surface area contributed by atoms with E-state index in [4.69, 9.17) is 4.74 Å². The SMILES string of the molecule is COc1ccc(S(=O)(=O)N(CC(=O)NCc2ccccn2)Cc2ccccc2)cc1C. The summed E-state index contributed by atoms with van der Waals surface area (Å²) in [5.74, 6) is 0.192. The molecule has 0 aliphatic heterocycles. The molecule has 162 valence electrons. The second-order valence-corrected chi connectivity index (χ2v) is 8.93. The molecule has 1 amide bonds. The van der Waals surface area contributed by atoms with Gasteiger partial charge in [-0.1, -0.05) is 36.4 Å². The minimum atomic E-state index is -3.92. The molecule has 1 N–H and O–H groups in total. The van der Waals surface area contributed by atoms with Crippen molar-refractivity contribution in [2.45, 2.75) is 24.9 Å². The Morgan fingerprint density at radius 2 is 1.81 bits per heavy atom. The number of hydrogen-bond acceptors (Lipinski definition) is 5. The summed E-state index contributed by atoms with van der Waals surface area (Å²) in [7, 11) is -2.39. The molecule has 8 heteroatoms. The second kappa shape index (κ2) is 10.2. The molecule has 0 radical (unpaired) electrons. The highest BCUT2D eigenvalue weighted by Gasteiger charge is 2.27. The van der Waals surface area contributed by atoms with E-state index in [-0.39, 0.29) is 24.5 Å². The molecular formula is C23H25N3O4S. The van der Waals surface area contributed by atoms with Gasteiger partial charge in [0.05, 0.1) is 30.8 Å². The molecule has 2 aromatic carbocycles. The van der Waals surface area contributed by atoms with E-state index in [1.54, 1.807) is 37.4 Å². The Hall–Kier alpha value is -3.23. The number of rotatable bonds is 9. The number of benzene rings is 2. The third-order valence-corrected chi connectivity index (χ3v) is 6.51. The molecule has 0 spiro atoms. The Morgan fingerprint density at radius 3 is 2.45 bits per heavy atom. The number of aryl methyl sites for hydroxylation is 1. The van der Waals surface area contributed by atoms with Gasteiger partial charge >= 0.3 is 0 Å². The van der Waals surface area contributed by atoms with Crippen LogP contribution in [0.1, 0.15) is 16.8 Å². The number of aromatic nitrogens is 1. The quantitative estimate of drug-likeness (QED) is 0.554. The maximum atomic E-state index is 13.4. The van der Waals surface area contributed by atoms with Gasteiger partial charge in [0.15, 0.2) is 0 Å². The summed E-state index contributed by atoms with van der Waals surface area (Å²) in [4.78, 5) is 16.9. The topological polar surface area (TPSA) is 88.6 Å². The standard InChI is InChI=1S/C23H25N3O4S/c1-18-14-21(11-12-22(18)30-2)31(28,29)26(16-19-8-4-3-5-9-19)17-23(27)25-15-20-10-6-7-13-24-20/h3-14H,15-17H2,1-2H3,(H,25,27). The average molecular weight is 440 g/mol. The monoisotopic (exact) mass is 439 g/mol. The lowest BCUT2D eigenvalue weighted by Crippen LogP contribution is -2.40. The van der Waals surface area contributed by atoms with Crippen LogP contribution in [0.3, 0.4) is 0 Å². The van der Waals surface area contributed by atoms with E-state index in [2.05, 4.69) is 10.3 Å². The van der Waals surface area contributed by atoms with Gasteiger partial charge in [0.1, 0.15) is 5.75 Å². The number of hydrogen-bond donors (Lipinski definition) is 1. The largest absolute Gasteiger partial charge is 0.496 e. The van der Waals surface area contributed by atoms with Gasteiger partial charge in [0, 0.05) is 12.7 Å². The van der Waals surface area contributed by atoms with Crippen molar-refractivity contribution in [3.8, 4) is 5.75 Å². The van der Waals surface area contributed by atoms with Crippen molar-refractivity contribution in [1.29, 1.82) is 0 Å². The molecule has 0 aliphatic rings. The van der Waals surface area contributed by atoms with Gasteiger partial charge in [-0.05, 0) is 48.4 Å². The van der Waals surface area contributed by atoms with Gasteiger partial charge in [0.2, 0.25) is 15.9 Å². The molecule has 1 heterocycles. The molecule has 7 nitrogen and oxygen atoms in total. The molecule has 0 aliphatic carbocycles. The van der Waals surface area contributed by atoms with E-state index in [0.29, 0.717) is 17.0 Å². The van der Waals surface area contributed by atoms with E-state index in [0.717, 1.165) is 5.56 Å². The maximum Gasteiger partial charge on any atom is 0.243 e. The molecule has 3 aromatic rings. The fraction of sp³-hybridized carbons (Fsp3) is 0.217. The first-order chi connectivity index (χ1) is 14.9. The highest BCUT2D eigenvalue weighted by atomic mass is 32.2. The third kappa shape index (κ3) is 5.90. The van der Waals surface area contributed by atoms with Crippen LogP contribution in [0, 0.1) is 6.92 Å². The Kier molecular flexibility index (Phi) is 7.38. The smallest absolute Gasteiger partial charge is 0.243 e. The van der Waals surface area contributed by atoms with Crippen LogP contribution in [-0.4, -0.2) is 37.3 Å². The van der Waals surface area contributed by atoms with Crippen molar-refractivity contribution in [2.75, 3.05) is 13.7 Å². The normalized spacial score (nSPS) is 11.3. The van der Waals surface area contributed by atoms with Crippen molar-refractivity contribution in [3.05, 3.63) is 89.7 Å². The minimum Gasteiger partial charge on any atom is -0.496 e. The van der Waals surface area contributed by atoms with Gasteiger partial charge in [0.25, 0.3) is 0 Å². The van der Waals surface area contributed by atoms with E-state index in [1.807, 2.05) is 36.4 Å². The zero-order valence-corrected chi connectivity index (χ0v) is 18.3. The first kappa shape index (κ1) is 22.5. The number of nitrogens with zero attached hydrogens (tertiary/aromatic N) is 2. The predicted octanol–water partition coefficient (Wildman–Crippen LogP) is 2.91. The summed E-state index contributed by atoms with van der Waals surface area (Å²) < 4.78 is 33.2. The molecule has 0 unspecified atom stereocenters. The molecule has 3 rings (SSSR count). The van der Waals surface area contributed by atoms with E-state index in [1.165, 1.54) is 17.5 Å². The number of amides is 1. The van der Waals surface area contributed by atoms with Gasteiger partial charge in [-0.15, -0.1) is 0 Å². The Labute approximate surface area is 182 Å². The van der Waals surface area contributed by atoms with Crippen LogP contribution >= 0.6 is 0 Å². The fourth-order valence-electron chi connectivity index (χ4n) is 3.08. The van der Waals surface area contributed by atoms with Crippen molar-refractivity contribution in [3.63, 3.8) is 0 Å². The van der Waals surface area contributed by atoms with Crippen LogP contribution in [0.2, 0.25) is 0 Å². The molecule has 1 aromatic heterocycles. The van der Waals surface area contributed by atoms with E-state index >= 15 is 0 Å². The highest BCUT2D eigenvalue weighted by molar-refractivity contribution is 7.89. The average Bonchev–Trinajstić information content (AvgIpc) is 2.78. The summed E-state index contributed by atoms with van der Waals surface area (Å²) >= 11 is 0. The number of carbonyl (C=O) groups is 1. The molecule has 0 saturated carbocycles. The van der Waals surface area contributed by atoms with Gasteiger partial charge in [-0.25, -0.2) is 8.42 Å². The fourth-order valence-corrected chi connectivity index (χ4v) is 4.55. The van der Waals surface area contributed by atoms with Crippen molar-refractivity contribution in [2.24, 2.45) is 0 Å². The third-order valence-electron chi connectivity index (χ3n) is 4.72. The van der Waals surface area contributed by atoms with Gasteiger partial charge < -0.3 is 10.1 Å². The molecule has 31 heavy (non-hydrogen) atoms. The first-order valence-corrected chi connectivity index (χ1v) is 11.2. The molecule has 0 saturated heterocycles. The highest BCUT2D eigenvalue weighted by Crippen LogP contribution is 2.24. The Morgan fingerprint density at radius 1 is 1.06 bits per heavy atom. The molecule has 0 bridgehead atoms. The lowest BCUT2D eigenvalue weighted by Gasteiger charge is -2.22. The van der Waals surface area contributed by atoms with Crippen LogP contribution in [0.4, 0.5) is 0 Å². The minimum absolute atomic E-state index is 0.0747. The second-order valence-electron chi connectivity index (χ2n) is 6.99. The number of ether oxygens (including phenoxy) is 1. The van der Waals surface area contributed by atoms with Crippen LogP contribution in [0.5, 0.6) is 5.75 Å². The summed E-state index contributed by atoms with van der Waals surface area (Å²) in [5.41, 5.74) is 2.18. The van der Waals surface area contributed by atoms with E-state index < -0.39 is 15.9 Å². The number of methoxy groups -OCH3 is 1. The number of nitrogens with one attached hydrogen (secondary N) is 1. The molecular weight excluding hydrogens is 414 g/mol. The van der Waals surface area contributed by atoms with Crippen molar-refractivity contribution in [1.82, 2.24) is 14.6 Å². The van der Waals surface area contributed by atoms with Crippen LogP contribution in [0.25, 0.3) is 0 Å². The number of sulfonamides is 1. The first-order valence-electron chi connectivity index (χ1n) is 9.75. The summed E-state index contributed by atoms with van der Waals surface area (Å²) in [6.45, 7) is 1.76. The van der Waals surface area contributed by atoms with Crippen molar-refractivity contribution < 1.29 is 17.9 Å². The van der Waals surface area contributed by atoms with Gasteiger partial charge in [-0.2, -0.15) is 4.31 Å². The summed E-state index contributed by atoms with van der Waals surface area (Å²) in [5, 5.41) is 2.74. The lowest BCUT2D eigenvalue weighted by molar-refractivity contribution is -0.121. The Bertz CT molecular complexity index is 1120. The summed E-state index contributed by atoms with van der Waals surface area (Å²) in [6.07, 6.45) is 1.64. The Balaban J connectivity index is 1.83. The van der Waals surface area contributed by atoms with E-state index in [9.17, 15) is 13.2 Å². The predicted molar refractivity (Wildman–Crippen MR) is 118 cm³/mol. The molecule has 0 fully saturated rings. The van der Waals surface area contributed by atoms with Crippen LogP contribution in [0.15, 0.2) is 77.8 Å². The zero-order valence-electron chi connectivity index (χ0n) is 17.5. The van der Waals surface area contributed by atoms with Crippen LogP contribution < -0.4 is 10.1 Å². The number of carbonyl (C=O) groups excluding carboxylic acids is 1. The van der Waals surface area contributed by atoms with Crippen LogP contribution in [-0.2, 0) is 27.9 Å². The maximum absolute atomic E-state index is 13.4. The summed E-state index contributed by atoms with van der Waals surface area (Å²) in [6, 6.07) is 19.2. The van der Waals surface area contributed by atoms with Gasteiger partial charge in [-0.3, -0.25) is 9.78 Å². The zero-order chi connectivity index (χ0) is 22.3. The molecule has 0 atom stereocenters. The lowest BCUT2D eigenvalue weighted by atomic mass is 10.2. The van der Waals surface area contributed by atoms with Crippen molar-refractivity contribution >= 4 is 15.9 Å².